The predicted octanol–water partition coefficient (Wildman–Crippen LogP) is 1.90. The van der Waals surface area contributed by atoms with Crippen molar-refractivity contribution in [1.82, 2.24) is 4.98 Å². The third-order valence-corrected chi connectivity index (χ3v) is 2.28. The minimum absolute atomic E-state index is 0.205. The molecule has 1 aromatic heterocycles. The maximum atomic E-state index is 10.5. The molecule has 4 heteroatoms. The minimum atomic E-state index is -0.956. The number of nitrogens with zero attached hydrogens (tertiary/aromatic N) is 1. The molecule has 0 aliphatic carbocycles. The molecule has 0 atom stereocenters. The van der Waals surface area contributed by atoms with Crippen molar-refractivity contribution in [2.75, 3.05) is 5.75 Å². The van der Waals surface area contributed by atoms with Crippen molar-refractivity contribution in [3.05, 3.63) is 23.9 Å². The van der Waals surface area contributed by atoms with Crippen molar-refractivity contribution in [3.8, 4) is 11.8 Å². The molecule has 0 unspecified atom stereocenters. The summed E-state index contributed by atoms with van der Waals surface area (Å²) in [7, 11) is 0. The molecule has 0 aromatic carbocycles. The highest BCUT2D eigenvalue weighted by atomic mass is 32.2. The Morgan fingerprint density at radius 3 is 2.93 bits per heavy atom. The maximum absolute atomic E-state index is 10.5. The number of carboxylic acid groups (broad SMARTS) is 1. The minimum Gasteiger partial charge on any atom is -0.478 e. The Bertz CT molecular complexity index is 375. The van der Waals surface area contributed by atoms with E-state index in [1.165, 1.54) is 24.0 Å². The van der Waals surface area contributed by atoms with Gasteiger partial charge in [-0.3, -0.25) is 0 Å². The summed E-state index contributed by atoms with van der Waals surface area (Å²) in [5.74, 6) is 5.39. The summed E-state index contributed by atoms with van der Waals surface area (Å²) in [5, 5.41) is 9.41. The van der Waals surface area contributed by atoms with Crippen LogP contribution in [0.1, 0.15) is 17.3 Å². The molecule has 1 aromatic rings. The number of carbonyl (C=O) groups is 1. The Kier molecular flexibility index (Phi) is 4.02. The fourth-order valence-electron chi connectivity index (χ4n) is 0.774. The van der Waals surface area contributed by atoms with Crippen molar-refractivity contribution in [1.29, 1.82) is 0 Å². The molecule has 0 radical (unpaired) electrons. The molecular weight excluding hydrogens is 198 g/mol. The molecule has 0 aliphatic rings. The first-order chi connectivity index (χ1) is 6.74. The van der Waals surface area contributed by atoms with Crippen LogP contribution >= 0.6 is 11.8 Å². The number of thioether (sulfide) groups is 1. The standard InChI is InChI=1S/C10H9NO2S/c1-2-3-6-14-9-5-4-8(7-11-9)10(12)13/h4-5,7H,6H2,1H3,(H,12,13). The van der Waals surface area contributed by atoms with E-state index in [-0.39, 0.29) is 5.56 Å². The van der Waals surface area contributed by atoms with Gasteiger partial charge in [0, 0.05) is 6.20 Å². The molecule has 0 fully saturated rings. The van der Waals surface area contributed by atoms with Gasteiger partial charge in [0.05, 0.1) is 16.3 Å². The first-order valence-corrected chi connectivity index (χ1v) is 4.94. The number of hydrogen-bond donors (Lipinski definition) is 1. The lowest BCUT2D eigenvalue weighted by atomic mass is 10.3. The Balaban J connectivity index is 2.62. The van der Waals surface area contributed by atoms with Crippen molar-refractivity contribution >= 4 is 17.7 Å². The van der Waals surface area contributed by atoms with E-state index in [1.807, 2.05) is 0 Å². The van der Waals surface area contributed by atoms with Crippen molar-refractivity contribution in [2.45, 2.75) is 11.9 Å². The Morgan fingerprint density at radius 2 is 2.43 bits per heavy atom. The molecule has 0 saturated heterocycles. The monoisotopic (exact) mass is 207 g/mol. The summed E-state index contributed by atoms with van der Waals surface area (Å²) in [6.07, 6.45) is 1.35. The van der Waals surface area contributed by atoms with Gasteiger partial charge in [0.2, 0.25) is 0 Å². The van der Waals surface area contributed by atoms with Crippen LogP contribution in [0.2, 0.25) is 0 Å². The van der Waals surface area contributed by atoms with Gasteiger partial charge >= 0.3 is 5.97 Å². The summed E-state index contributed by atoms with van der Waals surface area (Å²) in [4.78, 5) is 14.5. The van der Waals surface area contributed by atoms with Crippen LogP contribution in [0, 0.1) is 11.8 Å². The highest BCUT2D eigenvalue weighted by Gasteiger charge is 2.02. The number of carboxylic acids is 1. The predicted molar refractivity (Wildman–Crippen MR) is 55.4 cm³/mol. The second-order valence-corrected chi connectivity index (χ2v) is 3.40. The Labute approximate surface area is 86.6 Å². The van der Waals surface area contributed by atoms with E-state index in [0.717, 1.165) is 5.03 Å². The van der Waals surface area contributed by atoms with E-state index in [2.05, 4.69) is 16.8 Å². The normalized spacial score (nSPS) is 8.93. The van der Waals surface area contributed by atoms with E-state index in [9.17, 15) is 4.79 Å². The summed E-state index contributed by atoms with van der Waals surface area (Å²) in [6.45, 7) is 1.78. The average molecular weight is 207 g/mol. The fraction of sp³-hybridized carbons (Fsp3) is 0.200. The maximum Gasteiger partial charge on any atom is 0.337 e. The molecular formula is C10H9NO2S. The smallest absolute Gasteiger partial charge is 0.337 e. The van der Waals surface area contributed by atoms with Gasteiger partial charge in [0.1, 0.15) is 0 Å². The van der Waals surface area contributed by atoms with Crippen LogP contribution in [-0.2, 0) is 0 Å². The zero-order chi connectivity index (χ0) is 10.4. The van der Waals surface area contributed by atoms with Crippen LogP contribution in [0.5, 0.6) is 0 Å². The van der Waals surface area contributed by atoms with Crippen LogP contribution in [0.3, 0.4) is 0 Å². The summed E-state index contributed by atoms with van der Waals surface area (Å²) >= 11 is 1.49. The molecule has 1 rings (SSSR count). The molecule has 1 N–H and O–H groups in total. The average Bonchev–Trinajstić information content (AvgIpc) is 2.19. The number of hydrogen-bond acceptors (Lipinski definition) is 3. The van der Waals surface area contributed by atoms with Gasteiger partial charge < -0.3 is 5.11 Å². The lowest BCUT2D eigenvalue weighted by Gasteiger charge is -1.96. The summed E-state index contributed by atoms with van der Waals surface area (Å²) < 4.78 is 0. The van der Waals surface area contributed by atoms with Crippen LogP contribution in [0.15, 0.2) is 23.4 Å². The Morgan fingerprint density at radius 1 is 1.64 bits per heavy atom. The first kappa shape index (κ1) is 10.6. The van der Waals surface area contributed by atoms with Gasteiger partial charge in [0.15, 0.2) is 0 Å². The van der Waals surface area contributed by atoms with E-state index >= 15 is 0 Å². The van der Waals surface area contributed by atoms with Crippen molar-refractivity contribution in [3.63, 3.8) is 0 Å². The third kappa shape index (κ3) is 3.11. The van der Waals surface area contributed by atoms with E-state index in [4.69, 9.17) is 5.11 Å². The van der Waals surface area contributed by atoms with Gasteiger partial charge in [-0.1, -0.05) is 17.7 Å². The van der Waals surface area contributed by atoms with Crippen LogP contribution < -0.4 is 0 Å². The number of aromatic nitrogens is 1. The molecule has 3 nitrogen and oxygen atoms in total. The fourth-order valence-corrected chi connectivity index (χ4v) is 1.43. The van der Waals surface area contributed by atoms with Crippen molar-refractivity contribution < 1.29 is 9.90 Å². The summed E-state index contributed by atoms with van der Waals surface area (Å²) in [5.41, 5.74) is 0.205. The molecule has 14 heavy (non-hydrogen) atoms. The molecule has 0 saturated carbocycles. The molecule has 1 heterocycles. The van der Waals surface area contributed by atoms with Gasteiger partial charge in [-0.2, -0.15) is 0 Å². The van der Waals surface area contributed by atoms with Gasteiger partial charge in [-0.15, -0.1) is 5.92 Å². The highest BCUT2D eigenvalue weighted by molar-refractivity contribution is 7.99. The molecule has 0 bridgehead atoms. The summed E-state index contributed by atoms with van der Waals surface area (Å²) in [6, 6.07) is 3.22. The van der Waals surface area contributed by atoms with E-state index in [1.54, 1.807) is 13.0 Å². The number of pyridine rings is 1. The van der Waals surface area contributed by atoms with Crippen LogP contribution in [-0.4, -0.2) is 21.8 Å². The zero-order valence-corrected chi connectivity index (χ0v) is 8.47. The Hall–Kier alpha value is -1.47. The SMILES string of the molecule is CC#CCSc1ccc(C(=O)O)cn1. The van der Waals surface area contributed by atoms with Gasteiger partial charge in [-0.05, 0) is 19.1 Å². The zero-order valence-electron chi connectivity index (χ0n) is 7.65. The number of aromatic carboxylic acids is 1. The van der Waals surface area contributed by atoms with E-state index < -0.39 is 5.97 Å². The first-order valence-electron chi connectivity index (χ1n) is 3.96. The largest absolute Gasteiger partial charge is 0.478 e. The van der Waals surface area contributed by atoms with Crippen LogP contribution in [0.4, 0.5) is 0 Å². The quantitative estimate of drug-likeness (QED) is 0.607. The molecule has 0 amide bonds. The lowest BCUT2D eigenvalue weighted by Crippen LogP contribution is -1.96. The number of rotatable bonds is 3. The molecule has 0 spiro atoms. The highest BCUT2D eigenvalue weighted by Crippen LogP contribution is 2.14. The van der Waals surface area contributed by atoms with Crippen LogP contribution in [0.25, 0.3) is 0 Å². The molecule has 0 aliphatic heterocycles. The topological polar surface area (TPSA) is 50.2 Å². The van der Waals surface area contributed by atoms with Gasteiger partial charge in [0.25, 0.3) is 0 Å². The molecule has 72 valence electrons. The lowest BCUT2D eigenvalue weighted by molar-refractivity contribution is 0.0696. The van der Waals surface area contributed by atoms with Crippen molar-refractivity contribution in [2.24, 2.45) is 0 Å². The van der Waals surface area contributed by atoms with E-state index in [0.29, 0.717) is 5.75 Å². The van der Waals surface area contributed by atoms with Gasteiger partial charge in [-0.25, -0.2) is 9.78 Å². The third-order valence-electron chi connectivity index (χ3n) is 1.45. The second-order valence-electron chi connectivity index (χ2n) is 2.41. The second kappa shape index (κ2) is 5.30.